The van der Waals surface area contributed by atoms with Gasteiger partial charge in [-0.3, -0.25) is 9.59 Å². The van der Waals surface area contributed by atoms with Crippen LogP contribution < -0.4 is 9.47 Å². The molecule has 0 saturated carbocycles. The van der Waals surface area contributed by atoms with Crippen molar-refractivity contribution in [2.45, 2.75) is 33.1 Å². The SMILES string of the molecule is COc1ccccc1C(=O)N1CCCN(C(=O)CCc2c(C)nc3c(c(OC)nn3C)c2C)CC1. The van der Waals surface area contributed by atoms with Crippen LogP contribution in [0.1, 0.15) is 40.0 Å². The average molecular weight is 480 g/mol. The fourth-order valence-electron chi connectivity index (χ4n) is 4.86. The van der Waals surface area contributed by atoms with Gasteiger partial charge in [0.25, 0.3) is 5.91 Å². The molecule has 1 aliphatic rings. The number of amides is 2. The predicted octanol–water partition coefficient (Wildman–Crippen LogP) is 2.91. The van der Waals surface area contributed by atoms with Gasteiger partial charge in [0.1, 0.15) is 5.75 Å². The molecule has 1 aliphatic heterocycles. The van der Waals surface area contributed by atoms with Gasteiger partial charge in [-0.1, -0.05) is 12.1 Å². The van der Waals surface area contributed by atoms with E-state index in [-0.39, 0.29) is 11.8 Å². The largest absolute Gasteiger partial charge is 0.496 e. The van der Waals surface area contributed by atoms with E-state index in [4.69, 9.17) is 14.5 Å². The number of aryl methyl sites for hydroxylation is 3. The molecule has 0 bridgehead atoms. The molecule has 2 aromatic heterocycles. The number of methoxy groups -OCH3 is 2. The second kappa shape index (κ2) is 10.3. The number of fused-ring (bicyclic) bond motifs is 1. The first-order valence-corrected chi connectivity index (χ1v) is 11.9. The van der Waals surface area contributed by atoms with E-state index >= 15 is 0 Å². The van der Waals surface area contributed by atoms with Crippen LogP contribution in [0.4, 0.5) is 0 Å². The average Bonchev–Trinajstić information content (AvgIpc) is 3.02. The smallest absolute Gasteiger partial charge is 0.257 e. The van der Waals surface area contributed by atoms with E-state index in [1.54, 1.807) is 31.0 Å². The second-order valence-electron chi connectivity index (χ2n) is 8.86. The minimum Gasteiger partial charge on any atom is -0.496 e. The molecule has 186 valence electrons. The first-order valence-electron chi connectivity index (χ1n) is 11.9. The normalized spacial score (nSPS) is 14.2. The van der Waals surface area contributed by atoms with Crippen LogP contribution in [-0.4, -0.2) is 76.8 Å². The number of hydrogen-bond acceptors (Lipinski definition) is 6. The lowest BCUT2D eigenvalue weighted by atomic mass is 10.00. The van der Waals surface area contributed by atoms with Crippen LogP contribution in [-0.2, 0) is 18.3 Å². The number of pyridine rings is 1. The molecule has 1 fully saturated rings. The highest BCUT2D eigenvalue weighted by atomic mass is 16.5. The number of para-hydroxylation sites is 1. The summed E-state index contributed by atoms with van der Waals surface area (Å²) >= 11 is 0. The summed E-state index contributed by atoms with van der Waals surface area (Å²) in [5.41, 5.74) is 4.33. The summed E-state index contributed by atoms with van der Waals surface area (Å²) in [7, 11) is 5.02. The number of carbonyl (C=O) groups is 2. The fraction of sp³-hybridized carbons (Fsp3) is 0.462. The Labute approximate surface area is 205 Å². The van der Waals surface area contributed by atoms with E-state index in [1.807, 2.05) is 42.8 Å². The van der Waals surface area contributed by atoms with Crippen LogP contribution in [0.25, 0.3) is 11.0 Å². The molecular formula is C26H33N5O4. The number of hydrogen-bond donors (Lipinski definition) is 0. The maximum atomic E-state index is 13.1. The van der Waals surface area contributed by atoms with Crippen LogP contribution in [0, 0.1) is 13.8 Å². The molecule has 3 heterocycles. The van der Waals surface area contributed by atoms with Gasteiger partial charge in [-0.25, -0.2) is 9.67 Å². The van der Waals surface area contributed by atoms with Crippen molar-refractivity contribution in [1.29, 1.82) is 0 Å². The van der Waals surface area contributed by atoms with Gasteiger partial charge in [0.15, 0.2) is 5.65 Å². The molecule has 4 rings (SSSR count). The number of nitrogens with zero attached hydrogens (tertiary/aromatic N) is 5. The highest BCUT2D eigenvalue weighted by Crippen LogP contribution is 2.30. The lowest BCUT2D eigenvalue weighted by Crippen LogP contribution is -2.37. The Morgan fingerprint density at radius 3 is 2.46 bits per heavy atom. The monoisotopic (exact) mass is 479 g/mol. The molecule has 35 heavy (non-hydrogen) atoms. The third kappa shape index (κ3) is 4.80. The Hall–Kier alpha value is -3.62. The quantitative estimate of drug-likeness (QED) is 0.540. The summed E-state index contributed by atoms with van der Waals surface area (Å²) in [5.74, 6) is 1.14. The summed E-state index contributed by atoms with van der Waals surface area (Å²) in [5, 5.41) is 5.29. The van der Waals surface area contributed by atoms with Gasteiger partial charge < -0.3 is 19.3 Å². The Bertz CT molecular complexity index is 1250. The van der Waals surface area contributed by atoms with Gasteiger partial charge in [0, 0.05) is 45.3 Å². The summed E-state index contributed by atoms with van der Waals surface area (Å²) in [6.07, 6.45) is 1.72. The lowest BCUT2D eigenvalue weighted by molar-refractivity contribution is -0.131. The lowest BCUT2D eigenvalue weighted by Gasteiger charge is -2.23. The fourth-order valence-corrected chi connectivity index (χ4v) is 4.86. The zero-order valence-corrected chi connectivity index (χ0v) is 21.1. The third-order valence-corrected chi connectivity index (χ3v) is 6.78. The van der Waals surface area contributed by atoms with Crippen molar-refractivity contribution in [3.05, 3.63) is 46.6 Å². The maximum Gasteiger partial charge on any atom is 0.257 e. The summed E-state index contributed by atoms with van der Waals surface area (Å²) < 4.78 is 12.5. The van der Waals surface area contributed by atoms with Crippen LogP contribution in [0.5, 0.6) is 11.6 Å². The minimum absolute atomic E-state index is 0.0622. The van der Waals surface area contributed by atoms with E-state index in [0.717, 1.165) is 34.3 Å². The Kier molecular flexibility index (Phi) is 7.23. The highest BCUT2D eigenvalue weighted by molar-refractivity contribution is 5.97. The molecule has 0 atom stereocenters. The van der Waals surface area contributed by atoms with Gasteiger partial charge in [-0.05, 0) is 49.9 Å². The molecule has 3 aromatic rings. The van der Waals surface area contributed by atoms with Gasteiger partial charge in [0.05, 0.1) is 25.2 Å². The number of ether oxygens (including phenoxy) is 2. The minimum atomic E-state index is -0.0622. The maximum absolute atomic E-state index is 13.1. The van der Waals surface area contributed by atoms with Crippen molar-refractivity contribution in [1.82, 2.24) is 24.6 Å². The van der Waals surface area contributed by atoms with E-state index < -0.39 is 0 Å². The molecule has 0 spiro atoms. The molecule has 9 heteroatoms. The summed E-state index contributed by atoms with van der Waals surface area (Å²) in [6, 6.07) is 7.25. The van der Waals surface area contributed by atoms with E-state index in [0.29, 0.717) is 56.2 Å². The zero-order chi connectivity index (χ0) is 25.1. The summed E-state index contributed by atoms with van der Waals surface area (Å²) in [6.45, 7) is 6.28. The van der Waals surface area contributed by atoms with Crippen molar-refractivity contribution in [3.63, 3.8) is 0 Å². The van der Waals surface area contributed by atoms with E-state index in [2.05, 4.69) is 5.10 Å². The van der Waals surface area contributed by atoms with Crippen molar-refractivity contribution in [2.75, 3.05) is 40.4 Å². The molecule has 0 radical (unpaired) electrons. The molecule has 2 amide bonds. The standard InChI is InChI=1S/C26H33N5O4/c1-17-19(18(2)27-24-23(17)25(35-5)28-29(24)3)11-12-22(32)30-13-8-14-31(16-15-30)26(33)20-9-6-7-10-21(20)34-4/h6-7,9-10H,8,11-16H2,1-5H3. The molecule has 9 nitrogen and oxygen atoms in total. The van der Waals surface area contributed by atoms with Crippen molar-refractivity contribution >= 4 is 22.8 Å². The van der Waals surface area contributed by atoms with Crippen LogP contribution in [0.15, 0.2) is 24.3 Å². The Morgan fingerprint density at radius 1 is 1.00 bits per heavy atom. The number of benzene rings is 1. The molecule has 0 aliphatic carbocycles. The number of carbonyl (C=O) groups excluding carboxylic acids is 2. The molecule has 0 unspecified atom stereocenters. The van der Waals surface area contributed by atoms with Crippen LogP contribution in [0.2, 0.25) is 0 Å². The highest BCUT2D eigenvalue weighted by Gasteiger charge is 2.25. The Morgan fingerprint density at radius 2 is 1.71 bits per heavy atom. The Balaban J connectivity index is 1.42. The van der Waals surface area contributed by atoms with Gasteiger partial charge in [0.2, 0.25) is 11.8 Å². The molecule has 1 saturated heterocycles. The van der Waals surface area contributed by atoms with Gasteiger partial charge in [-0.15, -0.1) is 5.10 Å². The molecule has 0 N–H and O–H groups in total. The van der Waals surface area contributed by atoms with E-state index in [1.165, 1.54) is 0 Å². The van der Waals surface area contributed by atoms with Gasteiger partial charge >= 0.3 is 0 Å². The number of rotatable bonds is 6. The predicted molar refractivity (Wildman–Crippen MR) is 133 cm³/mol. The van der Waals surface area contributed by atoms with Gasteiger partial charge in [-0.2, -0.15) is 0 Å². The van der Waals surface area contributed by atoms with Crippen LogP contribution in [0.3, 0.4) is 0 Å². The van der Waals surface area contributed by atoms with Crippen molar-refractivity contribution in [2.24, 2.45) is 7.05 Å². The second-order valence-corrected chi connectivity index (χ2v) is 8.86. The zero-order valence-electron chi connectivity index (χ0n) is 21.1. The first kappa shape index (κ1) is 24.5. The third-order valence-electron chi connectivity index (χ3n) is 6.78. The first-order chi connectivity index (χ1) is 16.8. The molecule has 1 aromatic carbocycles. The van der Waals surface area contributed by atoms with Crippen molar-refractivity contribution < 1.29 is 19.1 Å². The topological polar surface area (TPSA) is 89.8 Å². The summed E-state index contributed by atoms with van der Waals surface area (Å²) in [4.78, 5) is 34.6. The van der Waals surface area contributed by atoms with E-state index in [9.17, 15) is 9.59 Å². The molecular weight excluding hydrogens is 446 g/mol. The van der Waals surface area contributed by atoms with Crippen LogP contribution >= 0.6 is 0 Å². The number of aromatic nitrogens is 3. The van der Waals surface area contributed by atoms with Crippen molar-refractivity contribution in [3.8, 4) is 11.6 Å².